The van der Waals surface area contributed by atoms with Gasteiger partial charge in [-0.15, -0.1) is 11.8 Å². The van der Waals surface area contributed by atoms with Gasteiger partial charge in [-0.2, -0.15) is 0 Å². The predicted octanol–water partition coefficient (Wildman–Crippen LogP) is 1.53. The third-order valence-electron chi connectivity index (χ3n) is 3.79. The summed E-state index contributed by atoms with van der Waals surface area (Å²) in [4.78, 5) is 25.8. The lowest BCUT2D eigenvalue weighted by Gasteiger charge is -2.35. The van der Waals surface area contributed by atoms with Crippen LogP contribution in [0.1, 0.15) is 18.4 Å². The van der Waals surface area contributed by atoms with Gasteiger partial charge in [-0.1, -0.05) is 18.2 Å². The first-order valence-electron chi connectivity index (χ1n) is 6.84. The van der Waals surface area contributed by atoms with E-state index in [-0.39, 0.29) is 31.8 Å². The number of nitrogens with zero attached hydrogens (tertiary/aromatic N) is 1. The first-order chi connectivity index (χ1) is 9.92. The van der Waals surface area contributed by atoms with Gasteiger partial charge in [-0.3, -0.25) is 4.79 Å². The molecule has 1 amide bonds. The van der Waals surface area contributed by atoms with Gasteiger partial charge in [0.25, 0.3) is 0 Å². The Kier molecular flexibility index (Phi) is 4.90. The van der Waals surface area contributed by atoms with Gasteiger partial charge in [0.1, 0.15) is 0 Å². The maximum absolute atomic E-state index is 12.1. The molecule has 1 aromatic carbocycles. The lowest BCUT2D eigenvalue weighted by atomic mass is 9.92. The summed E-state index contributed by atoms with van der Waals surface area (Å²) in [7, 11) is 0. The Bertz CT molecular complexity index is 538. The third kappa shape index (κ3) is 3.77. The van der Waals surface area contributed by atoms with Crippen molar-refractivity contribution in [3.05, 3.63) is 29.8 Å². The first kappa shape index (κ1) is 15.9. The van der Waals surface area contributed by atoms with Crippen LogP contribution in [0.25, 0.3) is 0 Å². The predicted molar refractivity (Wildman–Crippen MR) is 80.3 cm³/mol. The van der Waals surface area contributed by atoms with Crippen LogP contribution < -0.4 is 0 Å². The number of carbonyl (C=O) groups excluding carboxylic acids is 1. The number of piperidine rings is 1. The van der Waals surface area contributed by atoms with Crippen LogP contribution in [-0.2, 0) is 9.59 Å². The number of benzene rings is 1. The highest BCUT2D eigenvalue weighted by atomic mass is 32.2. The van der Waals surface area contributed by atoms with Crippen molar-refractivity contribution in [2.45, 2.75) is 30.3 Å². The van der Waals surface area contributed by atoms with E-state index in [0.29, 0.717) is 5.75 Å². The highest BCUT2D eigenvalue weighted by Gasteiger charge is 2.40. The molecule has 0 saturated carbocycles. The summed E-state index contributed by atoms with van der Waals surface area (Å²) in [5, 5.41) is 18.8. The molecule has 5 nitrogen and oxygen atoms in total. The van der Waals surface area contributed by atoms with E-state index in [1.165, 1.54) is 11.8 Å². The van der Waals surface area contributed by atoms with Crippen molar-refractivity contribution in [2.75, 3.05) is 18.8 Å². The largest absolute Gasteiger partial charge is 0.479 e. The van der Waals surface area contributed by atoms with E-state index in [1.807, 2.05) is 31.2 Å². The minimum atomic E-state index is -1.68. The van der Waals surface area contributed by atoms with Crippen LogP contribution in [0.3, 0.4) is 0 Å². The minimum absolute atomic E-state index is 0.0179. The molecule has 1 fully saturated rings. The van der Waals surface area contributed by atoms with E-state index in [2.05, 4.69) is 0 Å². The Morgan fingerprint density at radius 2 is 1.90 bits per heavy atom. The second kappa shape index (κ2) is 6.49. The quantitative estimate of drug-likeness (QED) is 0.825. The van der Waals surface area contributed by atoms with Crippen LogP contribution in [0.4, 0.5) is 0 Å². The Morgan fingerprint density at radius 3 is 2.48 bits per heavy atom. The molecule has 0 aromatic heterocycles. The molecule has 0 radical (unpaired) electrons. The Balaban J connectivity index is 1.86. The molecule has 2 rings (SSSR count). The number of likely N-dealkylation sites (tertiary alicyclic amines) is 1. The van der Waals surface area contributed by atoms with Crippen LogP contribution in [0.15, 0.2) is 29.2 Å². The van der Waals surface area contributed by atoms with Gasteiger partial charge in [0.05, 0.1) is 5.75 Å². The number of carbonyl (C=O) groups is 2. The van der Waals surface area contributed by atoms with Gasteiger partial charge in [-0.05, 0) is 18.6 Å². The average molecular weight is 309 g/mol. The van der Waals surface area contributed by atoms with Crippen molar-refractivity contribution in [3.8, 4) is 0 Å². The smallest absolute Gasteiger partial charge is 0.335 e. The number of aliphatic hydroxyl groups is 1. The van der Waals surface area contributed by atoms with E-state index < -0.39 is 11.6 Å². The SMILES string of the molecule is Cc1ccccc1SCC(=O)N1CCC(O)(C(=O)O)CC1. The maximum atomic E-state index is 12.1. The summed E-state index contributed by atoms with van der Waals surface area (Å²) in [5.41, 5.74) is -0.547. The fraction of sp³-hybridized carbons (Fsp3) is 0.467. The molecule has 1 aromatic rings. The molecule has 6 heteroatoms. The van der Waals surface area contributed by atoms with Gasteiger partial charge in [0.2, 0.25) is 5.91 Å². The van der Waals surface area contributed by atoms with E-state index in [1.54, 1.807) is 4.90 Å². The van der Waals surface area contributed by atoms with Crippen molar-refractivity contribution >= 4 is 23.6 Å². The molecule has 1 heterocycles. The van der Waals surface area contributed by atoms with E-state index in [4.69, 9.17) is 5.11 Å². The fourth-order valence-corrected chi connectivity index (χ4v) is 3.22. The molecule has 1 saturated heterocycles. The van der Waals surface area contributed by atoms with Crippen LogP contribution >= 0.6 is 11.8 Å². The standard InChI is InChI=1S/C15H19NO4S/c1-11-4-2-3-5-12(11)21-10-13(17)16-8-6-15(20,7-9-16)14(18)19/h2-5,20H,6-10H2,1H3,(H,18,19). The second-order valence-electron chi connectivity index (χ2n) is 5.27. The van der Waals surface area contributed by atoms with Crippen molar-refractivity contribution in [2.24, 2.45) is 0 Å². The number of aliphatic carboxylic acids is 1. The lowest BCUT2D eigenvalue weighted by molar-refractivity contribution is -0.165. The van der Waals surface area contributed by atoms with Crippen LogP contribution in [0.2, 0.25) is 0 Å². The van der Waals surface area contributed by atoms with Gasteiger partial charge in [0.15, 0.2) is 5.60 Å². The van der Waals surface area contributed by atoms with E-state index in [9.17, 15) is 14.7 Å². The van der Waals surface area contributed by atoms with Gasteiger partial charge < -0.3 is 15.1 Å². The second-order valence-corrected chi connectivity index (χ2v) is 6.29. The molecule has 1 aliphatic rings. The summed E-state index contributed by atoms with van der Waals surface area (Å²) < 4.78 is 0. The molecule has 0 unspecified atom stereocenters. The third-order valence-corrected chi connectivity index (χ3v) is 4.95. The van der Waals surface area contributed by atoms with Gasteiger partial charge in [-0.25, -0.2) is 4.79 Å². The molecule has 21 heavy (non-hydrogen) atoms. The Labute approximate surface area is 128 Å². The average Bonchev–Trinajstić information content (AvgIpc) is 2.46. The monoisotopic (exact) mass is 309 g/mol. The molecule has 1 aliphatic heterocycles. The number of amides is 1. The maximum Gasteiger partial charge on any atom is 0.335 e. The van der Waals surface area contributed by atoms with Crippen molar-refractivity contribution in [1.29, 1.82) is 0 Å². The normalized spacial score (nSPS) is 17.5. The van der Waals surface area contributed by atoms with Gasteiger partial charge >= 0.3 is 5.97 Å². The highest BCUT2D eigenvalue weighted by Crippen LogP contribution is 2.25. The van der Waals surface area contributed by atoms with Crippen molar-refractivity contribution < 1.29 is 19.8 Å². The van der Waals surface area contributed by atoms with Crippen LogP contribution in [-0.4, -0.2) is 51.4 Å². The number of carboxylic acid groups (broad SMARTS) is 1. The number of carboxylic acids is 1. The zero-order valence-electron chi connectivity index (χ0n) is 11.9. The summed E-state index contributed by atoms with van der Waals surface area (Å²) in [6, 6.07) is 7.87. The first-order valence-corrected chi connectivity index (χ1v) is 7.83. The minimum Gasteiger partial charge on any atom is -0.479 e. The molecule has 2 N–H and O–H groups in total. The fourth-order valence-electron chi connectivity index (χ4n) is 2.29. The number of thioether (sulfide) groups is 1. The highest BCUT2D eigenvalue weighted by molar-refractivity contribution is 8.00. The zero-order chi connectivity index (χ0) is 15.5. The molecule has 0 spiro atoms. The van der Waals surface area contributed by atoms with Gasteiger partial charge in [0, 0.05) is 30.8 Å². The lowest BCUT2D eigenvalue weighted by Crippen LogP contribution is -2.51. The Hall–Kier alpha value is -1.53. The molecular weight excluding hydrogens is 290 g/mol. The zero-order valence-corrected chi connectivity index (χ0v) is 12.7. The molecule has 0 atom stereocenters. The summed E-state index contributed by atoms with van der Waals surface area (Å²) >= 11 is 1.48. The summed E-state index contributed by atoms with van der Waals surface area (Å²) in [5.74, 6) is -0.893. The molecular formula is C15H19NO4S. The van der Waals surface area contributed by atoms with E-state index >= 15 is 0 Å². The number of hydrogen-bond donors (Lipinski definition) is 2. The number of aryl methyl sites for hydroxylation is 1. The van der Waals surface area contributed by atoms with Crippen molar-refractivity contribution in [1.82, 2.24) is 4.90 Å². The van der Waals surface area contributed by atoms with Crippen molar-refractivity contribution in [3.63, 3.8) is 0 Å². The molecule has 0 bridgehead atoms. The molecule has 0 aliphatic carbocycles. The van der Waals surface area contributed by atoms with Crippen LogP contribution in [0, 0.1) is 6.92 Å². The topological polar surface area (TPSA) is 77.8 Å². The number of rotatable bonds is 4. The summed E-state index contributed by atoms with van der Waals surface area (Å²) in [6.07, 6.45) is 0.173. The van der Waals surface area contributed by atoms with E-state index in [0.717, 1.165) is 10.5 Å². The van der Waals surface area contributed by atoms with Crippen LogP contribution in [0.5, 0.6) is 0 Å². The molecule has 114 valence electrons. The summed E-state index contributed by atoms with van der Waals surface area (Å²) in [6.45, 7) is 2.58. The Morgan fingerprint density at radius 1 is 1.29 bits per heavy atom. The number of hydrogen-bond acceptors (Lipinski definition) is 4.